The molecule has 1 saturated heterocycles. The van der Waals surface area contributed by atoms with Crippen molar-refractivity contribution >= 4 is 0 Å². The van der Waals surface area contributed by atoms with Gasteiger partial charge in [-0.05, 0) is 36.2 Å². The third kappa shape index (κ3) is 4.36. The fourth-order valence-electron chi connectivity index (χ4n) is 2.99. The zero-order valence-corrected chi connectivity index (χ0v) is 14.0. The highest BCUT2D eigenvalue weighted by Crippen LogP contribution is 2.18. The fraction of sp³-hybridized carbons (Fsp3) is 0.474. The summed E-state index contributed by atoms with van der Waals surface area (Å²) in [6.45, 7) is 5.66. The minimum absolute atomic E-state index is 0.234. The van der Waals surface area contributed by atoms with Gasteiger partial charge in [0.2, 0.25) is 0 Å². The topological polar surface area (TPSA) is 34.8 Å². The highest BCUT2D eigenvalue weighted by Gasteiger charge is 2.21. The van der Waals surface area contributed by atoms with E-state index < -0.39 is 0 Å². The zero-order valence-electron chi connectivity index (χ0n) is 14.0. The van der Waals surface area contributed by atoms with Crippen molar-refractivity contribution in [2.75, 3.05) is 26.8 Å². The van der Waals surface area contributed by atoms with Gasteiger partial charge in [0.15, 0.2) is 0 Å². The van der Waals surface area contributed by atoms with Crippen LogP contribution in [0.2, 0.25) is 0 Å². The fourth-order valence-corrected chi connectivity index (χ4v) is 2.99. The Kier molecular flexibility index (Phi) is 5.36. The Labute approximate surface area is 138 Å². The van der Waals surface area contributed by atoms with Crippen LogP contribution in [0.4, 0.5) is 0 Å². The van der Waals surface area contributed by atoms with Crippen LogP contribution in [0.3, 0.4) is 0 Å². The molecule has 124 valence electrons. The molecule has 0 bridgehead atoms. The Morgan fingerprint density at radius 3 is 2.61 bits per heavy atom. The third-order valence-corrected chi connectivity index (χ3v) is 4.29. The van der Waals surface area contributed by atoms with Gasteiger partial charge in [-0.15, -0.1) is 0 Å². The summed E-state index contributed by atoms with van der Waals surface area (Å²) < 4.78 is 17.0. The van der Waals surface area contributed by atoms with Gasteiger partial charge in [-0.25, -0.2) is 0 Å². The van der Waals surface area contributed by atoms with Crippen LogP contribution < -0.4 is 4.74 Å². The Hall–Kier alpha value is -1.78. The number of morpholine rings is 1. The molecule has 0 spiro atoms. The summed E-state index contributed by atoms with van der Waals surface area (Å²) >= 11 is 0. The van der Waals surface area contributed by atoms with Crippen molar-refractivity contribution < 1.29 is 13.9 Å². The van der Waals surface area contributed by atoms with E-state index in [1.54, 1.807) is 7.11 Å². The van der Waals surface area contributed by atoms with Crippen LogP contribution in [0.5, 0.6) is 5.75 Å². The Bertz CT molecular complexity index is 605. The molecule has 1 fully saturated rings. The second-order valence-corrected chi connectivity index (χ2v) is 6.00. The molecule has 1 atom stereocenters. The van der Waals surface area contributed by atoms with E-state index in [0.717, 1.165) is 56.4 Å². The highest BCUT2D eigenvalue weighted by molar-refractivity contribution is 5.27. The molecule has 0 aliphatic carbocycles. The van der Waals surface area contributed by atoms with Crippen LogP contribution >= 0.6 is 0 Å². The average molecular weight is 315 g/mol. The van der Waals surface area contributed by atoms with Gasteiger partial charge < -0.3 is 13.9 Å². The monoisotopic (exact) mass is 315 g/mol. The number of hydrogen-bond donors (Lipinski definition) is 0. The molecule has 4 nitrogen and oxygen atoms in total. The molecule has 0 radical (unpaired) electrons. The highest BCUT2D eigenvalue weighted by atomic mass is 16.5. The summed E-state index contributed by atoms with van der Waals surface area (Å²) in [6, 6.07) is 12.4. The van der Waals surface area contributed by atoms with E-state index in [1.165, 1.54) is 5.56 Å². The number of rotatable bonds is 6. The van der Waals surface area contributed by atoms with Crippen molar-refractivity contribution in [1.29, 1.82) is 0 Å². The van der Waals surface area contributed by atoms with E-state index >= 15 is 0 Å². The summed E-state index contributed by atoms with van der Waals surface area (Å²) in [5.74, 6) is 3.00. The molecule has 1 aromatic heterocycles. The Balaban J connectivity index is 1.54. The molecule has 1 aliphatic rings. The van der Waals surface area contributed by atoms with E-state index in [4.69, 9.17) is 13.9 Å². The van der Waals surface area contributed by atoms with E-state index in [9.17, 15) is 0 Å². The van der Waals surface area contributed by atoms with Crippen molar-refractivity contribution in [3.63, 3.8) is 0 Å². The Morgan fingerprint density at radius 1 is 1.13 bits per heavy atom. The van der Waals surface area contributed by atoms with Crippen LogP contribution in [0.25, 0.3) is 0 Å². The number of aryl methyl sites for hydroxylation is 1. The third-order valence-electron chi connectivity index (χ3n) is 4.29. The first-order chi connectivity index (χ1) is 11.3. The number of methoxy groups -OCH3 is 1. The second kappa shape index (κ2) is 7.66. The molecule has 2 aromatic rings. The van der Waals surface area contributed by atoms with Gasteiger partial charge >= 0.3 is 0 Å². The van der Waals surface area contributed by atoms with Crippen LogP contribution in [-0.2, 0) is 24.1 Å². The summed E-state index contributed by atoms with van der Waals surface area (Å²) in [6.07, 6.45) is 2.11. The largest absolute Gasteiger partial charge is 0.497 e. The molecule has 3 rings (SSSR count). The van der Waals surface area contributed by atoms with Gasteiger partial charge in [0.1, 0.15) is 17.3 Å². The maximum Gasteiger partial charge on any atom is 0.118 e. The van der Waals surface area contributed by atoms with Gasteiger partial charge in [0.25, 0.3) is 0 Å². The lowest BCUT2D eigenvalue weighted by Crippen LogP contribution is -2.42. The van der Waals surface area contributed by atoms with Gasteiger partial charge in [0.05, 0.1) is 26.4 Å². The van der Waals surface area contributed by atoms with E-state index in [2.05, 4.69) is 36.1 Å². The maximum absolute atomic E-state index is 5.93. The lowest BCUT2D eigenvalue weighted by Gasteiger charge is -2.32. The summed E-state index contributed by atoms with van der Waals surface area (Å²) in [5, 5.41) is 0. The first-order valence-corrected chi connectivity index (χ1v) is 8.31. The minimum Gasteiger partial charge on any atom is -0.497 e. The summed E-state index contributed by atoms with van der Waals surface area (Å²) in [5.41, 5.74) is 1.28. The van der Waals surface area contributed by atoms with E-state index in [0.29, 0.717) is 0 Å². The molecule has 4 heteroatoms. The van der Waals surface area contributed by atoms with Crippen LogP contribution in [0.1, 0.15) is 24.0 Å². The summed E-state index contributed by atoms with van der Waals surface area (Å²) in [7, 11) is 1.69. The van der Waals surface area contributed by atoms with Gasteiger partial charge in [-0.3, -0.25) is 4.90 Å². The smallest absolute Gasteiger partial charge is 0.118 e. The number of furan rings is 1. The molecule has 0 amide bonds. The van der Waals surface area contributed by atoms with Crippen molar-refractivity contribution in [3.05, 3.63) is 53.5 Å². The van der Waals surface area contributed by atoms with Crippen LogP contribution in [0, 0.1) is 0 Å². The molecule has 2 heterocycles. The van der Waals surface area contributed by atoms with Crippen molar-refractivity contribution in [1.82, 2.24) is 4.90 Å². The quantitative estimate of drug-likeness (QED) is 0.819. The first-order valence-electron chi connectivity index (χ1n) is 8.31. The van der Waals surface area contributed by atoms with Crippen molar-refractivity contribution in [2.45, 2.75) is 32.4 Å². The normalized spacial score (nSPS) is 19.0. The number of hydrogen-bond acceptors (Lipinski definition) is 4. The van der Waals surface area contributed by atoms with Crippen molar-refractivity contribution in [3.8, 4) is 5.75 Å². The predicted molar refractivity (Wildman–Crippen MR) is 89.8 cm³/mol. The van der Waals surface area contributed by atoms with Gasteiger partial charge in [0, 0.05) is 19.5 Å². The first kappa shape index (κ1) is 16.1. The standard InChI is InChI=1S/C19H25NO3/c1-3-16-8-9-18(23-16)13-20-10-11-22-19(14-20)12-15-4-6-17(21-2)7-5-15/h4-9,19H,3,10-14H2,1-2H3/t19-/m0/s1. The number of ether oxygens (including phenoxy) is 2. The van der Waals surface area contributed by atoms with Gasteiger partial charge in [-0.1, -0.05) is 19.1 Å². The average Bonchev–Trinajstić information content (AvgIpc) is 3.03. The van der Waals surface area contributed by atoms with E-state index in [-0.39, 0.29) is 6.10 Å². The zero-order chi connectivity index (χ0) is 16.1. The molecule has 23 heavy (non-hydrogen) atoms. The lowest BCUT2D eigenvalue weighted by molar-refractivity contribution is -0.0323. The van der Waals surface area contributed by atoms with Gasteiger partial charge in [-0.2, -0.15) is 0 Å². The minimum atomic E-state index is 0.234. The molecule has 0 saturated carbocycles. The molecular weight excluding hydrogens is 290 g/mol. The second-order valence-electron chi connectivity index (χ2n) is 6.00. The SMILES string of the molecule is CCc1ccc(CN2CCO[C@@H](Cc3ccc(OC)cc3)C2)o1. The molecule has 1 aromatic carbocycles. The molecule has 1 aliphatic heterocycles. The molecule has 0 N–H and O–H groups in total. The van der Waals surface area contributed by atoms with Crippen LogP contribution in [-0.4, -0.2) is 37.8 Å². The van der Waals surface area contributed by atoms with E-state index in [1.807, 2.05) is 12.1 Å². The number of nitrogens with zero attached hydrogens (tertiary/aromatic N) is 1. The van der Waals surface area contributed by atoms with Crippen LogP contribution in [0.15, 0.2) is 40.8 Å². The molecular formula is C19H25NO3. The number of benzene rings is 1. The summed E-state index contributed by atoms with van der Waals surface area (Å²) in [4.78, 5) is 2.41. The Morgan fingerprint density at radius 2 is 1.91 bits per heavy atom. The lowest BCUT2D eigenvalue weighted by atomic mass is 10.1. The van der Waals surface area contributed by atoms with Crippen molar-refractivity contribution in [2.24, 2.45) is 0 Å². The predicted octanol–water partition coefficient (Wildman–Crippen LogP) is 3.29. The maximum atomic E-state index is 5.93. The molecule has 0 unspecified atom stereocenters.